The minimum Gasteiger partial charge on any atom is -0.496 e. The molecule has 2 unspecified atom stereocenters. The summed E-state index contributed by atoms with van der Waals surface area (Å²) >= 11 is 0. The van der Waals surface area contributed by atoms with Gasteiger partial charge in [0.2, 0.25) is 0 Å². The highest BCUT2D eigenvalue weighted by atomic mass is 16.5. The van der Waals surface area contributed by atoms with Crippen LogP contribution >= 0.6 is 0 Å². The fourth-order valence-corrected chi connectivity index (χ4v) is 4.49. The number of benzene rings is 2. The van der Waals surface area contributed by atoms with Gasteiger partial charge >= 0.3 is 0 Å². The maximum Gasteiger partial charge on any atom is 0.254 e. The number of nitrogens with one attached hydrogen (secondary N) is 1. The molecule has 3 aromatic rings. The van der Waals surface area contributed by atoms with E-state index in [1.54, 1.807) is 19.4 Å². The molecule has 6 heteroatoms. The number of furan rings is 1. The summed E-state index contributed by atoms with van der Waals surface area (Å²) in [6.45, 7) is 3.23. The first-order valence-corrected chi connectivity index (χ1v) is 11.0. The zero-order chi connectivity index (χ0) is 22.7. The van der Waals surface area contributed by atoms with Crippen molar-refractivity contribution in [3.05, 3.63) is 83.3 Å². The Bertz CT molecular complexity index is 1080. The standard InChI is InChI=1S/C26H31N3O3/c1-18-15-19-9-5-7-11-22(19)29(18)17-25-21(13-14-32-25)26(30)27-16-23(28(2)3)20-10-6-8-12-24(20)31-4/h5-14,18,23H,15-17H2,1-4H3,(H,27,30). The highest BCUT2D eigenvalue weighted by Crippen LogP contribution is 2.33. The van der Waals surface area contributed by atoms with Crippen LogP contribution in [-0.2, 0) is 13.0 Å². The number of para-hydroxylation sites is 2. The van der Waals surface area contributed by atoms with E-state index in [0.29, 0.717) is 30.5 Å². The number of carbonyl (C=O) groups excluding carboxylic acids is 1. The molecule has 32 heavy (non-hydrogen) atoms. The summed E-state index contributed by atoms with van der Waals surface area (Å²) in [4.78, 5) is 17.5. The summed E-state index contributed by atoms with van der Waals surface area (Å²) in [5.41, 5.74) is 4.17. The Labute approximate surface area is 189 Å². The largest absolute Gasteiger partial charge is 0.496 e. The molecule has 4 rings (SSSR count). The number of ether oxygens (including phenoxy) is 1. The van der Waals surface area contributed by atoms with E-state index < -0.39 is 0 Å². The fraction of sp³-hybridized carbons (Fsp3) is 0.346. The Morgan fingerprint density at radius 2 is 1.94 bits per heavy atom. The lowest BCUT2D eigenvalue weighted by Crippen LogP contribution is -2.35. The van der Waals surface area contributed by atoms with E-state index in [9.17, 15) is 4.79 Å². The van der Waals surface area contributed by atoms with E-state index >= 15 is 0 Å². The van der Waals surface area contributed by atoms with Gasteiger partial charge in [-0.2, -0.15) is 0 Å². The van der Waals surface area contributed by atoms with Crippen LogP contribution in [0.2, 0.25) is 0 Å². The first kappa shape index (κ1) is 22.0. The third-order valence-electron chi connectivity index (χ3n) is 6.23. The van der Waals surface area contributed by atoms with Gasteiger partial charge in [-0.1, -0.05) is 36.4 Å². The lowest BCUT2D eigenvalue weighted by atomic mass is 10.0. The first-order valence-electron chi connectivity index (χ1n) is 11.0. The highest BCUT2D eigenvalue weighted by Gasteiger charge is 2.28. The fourth-order valence-electron chi connectivity index (χ4n) is 4.49. The van der Waals surface area contributed by atoms with Gasteiger partial charge in [-0.15, -0.1) is 0 Å². The Hall–Kier alpha value is -3.25. The molecule has 6 nitrogen and oxygen atoms in total. The van der Waals surface area contributed by atoms with Gasteiger partial charge < -0.3 is 24.3 Å². The predicted molar refractivity (Wildman–Crippen MR) is 126 cm³/mol. The van der Waals surface area contributed by atoms with Gasteiger partial charge in [-0.05, 0) is 51.2 Å². The second-order valence-corrected chi connectivity index (χ2v) is 8.50. The van der Waals surface area contributed by atoms with Crippen LogP contribution in [0.4, 0.5) is 5.69 Å². The molecule has 1 aliphatic heterocycles. The quantitative estimate of drug-likeness (QED) is 0.575. The van der Waals surface area contributed by atoms with Crippen molar-refractivity contribution in [1.29, 1.82) is 0 Å². The molecule has 1 N–H and O–H groups in total. The molecular weight excluding hydrogens is 402 g/mol. The van der Waals surface area contributed by atoms with Gasteiger partial charge in [0.25, 0.3) is 5.91 Å². The molecular formula is C26H31N3O3. The minimum atomic E-state index is -0.129. The van der Waals surface area contributed by atoms with Gasteiger partial charge in [-0.25, -0.2) is 0 Å². The highest BCUT2D eigenvalue weighted by molar-refractivity contribution is 5.95. The number of anilines is 1. The number of fused-ring (bicyclic) bond motifs is 1. The van der Waals surface area contributed by atoms with E-state index in [1.165, 1.54) is 11.3 Å². The molecule has 0 fully saturated rings. The summed E-state index contributed by atoms with van der Waals surface area (Å²) in [6.07, 6.45) is 2.60. The van der Waals surface area contributed by atoms with Gasteiger partial charge in [0, 0.05) is 23.8 Å². The van der Waals surface area contributed by atoms with Crippen LogP contribution in [0.15, 0.2) is 65.3 Å². The van der Waals surface area contributed by atoms with E-state index in [1.807, 2.05) is 38.4 Å². The number of amides is 1. The van der Waals surface area contributed by atoms with Gasteiger partial charge in [0.15, 0.2) is 0 Å². The SMILES string of the molecule is COc1ccccc1C(CNC(=O)c1ccoc1CN1c2ccccc2CC1C)N(C)C. The molecule has 2 heterocycles. The molecule has 0 spiro atoms. The maximum atomic E-state index is 13.1. The number of hydrogen-bond acceptors (Lipinski definition) is 5. The molecule has 2 atom stereocenters. The van der Waals surface area contributed by atoms with Gasteiger partial charge in [0.1, 0.15) is 11.5 Å². The van der Waals surface area contributed by atoms with Crippen LogP contribution in [0.25, 0.3) is 0 Å². The van der Waals surface area contributed by atoms with E-state index in [2.05, 4.69) is 46.3 Å². The van der Waals surface area contributed by atoms with Crippen molar-refractivity contribution in [2.75, 3.05) is 32.6 Å². The van der Waals surface area contributed by atoms with Crippen LogP contribution in [-0.4, -0.2) is 44.6 Å². The first-order chi connectivity index (χ1) is 15.5. The van der Waals surface area contributed by atoms with Crippen molar-refractivity contribution in [2.24, 2.45) is 0 Å². The third-order valence-corrected chi connectivity index (χ3v) is 6.23. The molecule has 0 saturated heterocycles. The summed E-state index contributed by atoms with van der Waals surface area (Å²) in [7, 11) is 5.66. The molecule has 0 radical (unpaired) electrons. The summed E-state index contributed by atoms with van der Waals surface area (Å²) < 4.78 is 11.3. The normalized spacial score (nSPS) is 16.2. The lowest BCUT2D eigenvalue weighted by Gasteiger charge is -2.27. The van der Waals surface area contributed by atoms with Crippen molar-refractivity contribution in [3.63, 3.8) is 0 Å². The van der Waals surface area contributed by atoms with Crippen molar-refractivity contribution in [3.8, 4) is 5.75 Å². The molecule has 168 valence electrons. The van der Waals surface area contributed by atoms with Crippen LogP contribution in [0, 0.1) is 0 Å². The van der Waals surface area contributed by atoms with Crippen molar-refractivity contribution >= 4 is 11.6 Å². The molecule has 1 amide bonds. The number of carbonyl (C=O) groups is 1. The predicted octanol–water partition coefficient (Wildman–Crippen LogP) is 4.27. The minimum absolute atomic E-state index is 0.0177. The zero-order valence-corrected chi connectivity index (χ0v) is 19.2. The number of nitrogens with zero attached hydrogens (tertiary/aromatic N) is 2. The average molecular weight is 434 g/mol. The lowest BCUT2D eigenvalue weighted by molar-refractivity contribution is 0.0939. The maximum absolute atomic E-state index is 13.1. The van der Waals surface area contributed by atoms with Gasteiger partial charge in [0.05, 0.1) is 31.5 Å². The van der Waals surface area contributed by atoms with E-state index in [0.717, 1.165) is 17.7 Å². The molecule has 0 saturated carbocycles. The molecule has 0 bridgehead atoms. The Kier molecular flexibility index (Phi) is 6.51. The molecule has 1 aromatic heterocycles. The zero-order valence-electron chi connectivity index (χ0n) is 19.2. The Morgan fingerprint density at radius 3 is 2.72 bits per heavy atom. The number of likely N-dealkylation sites (N-methyl/N-ethyl adjacent to an activating group) is 1. The number of hydrogen-bond donors (Lipinski definition) is 1. The van der Waals surface area contributed by atoms with Crippen molar-refractivity contribution in [2.45, 2.75) is 32.0 Å². The van der Waals surface area contributed by atoms with Crippen molar-refractivity contribution < 1.29 is 13.9 Å². The average Bonchev–Trinajstić information content (AvgIpc) is 3.38. The molecule has 2 aromatic carbocycles. The third kappa shape index (κ3) is 4.36. The van der Waals surface area contributed by atoms with Crippen molar-refractivity contribution in [1.82, 2.24) is 10.2 Å². The van der Waals surface area contributed by atoms with Crippen LogP contribution in [0.5, 0.6) is 5.75 Å². The summed E-state index contributed by atoms with van der Waals surface area (Å²) in [5.74, 6) is 1.37. The van der Waals surface area contributed by atoms with Crippen LogP contribution in [0.3, 0.4) is 0 Å². The van der Waals surface area contributed by atoms with E-state index in [4.69, 9.17) is 9.15 Å². The van der Waals surface area contributed by atoms with Gasteiger partial charge in [-0.3, -0.25) is 4.79 Å². The Balaban J connectivity index is 1.48. The summed E-state index contributed by atoms with van der Waals surface area (Å²) in [5, 5.41) is 3.10. The number of rotatable bonds is 8. The number of methoxy groups -OCH3 is 1. The molecule has 1 aliphatic rings. The summed E-state index contributed by atoms with van der Waals surface area (Å²) in [6, 6.07) is 18.4. The van der Waals surface area contributed by atoms with Crippen LogP contribution in [0.1, 0.15) is 40.2 Å². The van der Waals surface area contributed by atoms with E-state index in [-0.39, 0.29) is 11.9 Å². The second kappa shape index (κ2) is 9.49. The smallest absolute Gasteiger partial charge is 0.254 e. The Morgan fingerprint density at radius 1 is 1.19 bits per heavy atom. The molecule has 0 aliphatic carbocycles. The second-order valence-electron chi connectivity index (χ2n) is 8.50. The monoisotopic (exact) mass is 433 g/mol. The topological polar surface area (TPSA) is 58.0 Å². The van der Waals surface area contributed by atoms with Crippen LogP contribution < -0.4 is 15.0 Å².